The van der Waals surface area contributed by atoms with Gasteiger partial charge in [0.25, 0.3) is 0 Å². The Hall–Kier alpha value is -1.13. The number of hydrogen-bond donors (Lipinski definition) is 1. The molecule has 1 N–H and O–H groups in total. The maximum Gasteiger partial charge on any atom is 0.321 e. The van der Waals surface area contributed by atoms with Crippen molar-refractivity contribution in [2.75, 3.05) is 26.0 Å². The number of anilines is 1. The molecule has 2 amide bonds. The Labute approximate surface area is 129 Å². The molecule has 0 heterocycles. The quantitative estimate of drug-likeness (QED) is 0.860. The third-order valence-corrected chi connectivity index (χ3v) is 4.62. The number of halogens is 2. The molecule has 0 aliphatic heterocycles. The third kappa shape index (κ3) is 3.30. The standard InChI is InChI=1S/C14H18Cl2N2O2/c1-13(8-14(13,15)16)9-20-11-6-4-10(5-7-11)17-12(19)18(2)3/h4-7H,8-9H2,1-3H3,(H,17,19). The first kappa shape index (κ1) is 15.3. The predicted octanol–water partition coefficient (Wildman–Crippen LogP) is 3.74. The summed E-state index contributed by atoms with van der Waals surface area (Å²) >= 11 is 12.1. The Bertz CT molecular complexity index is 502. The maximum atomic E-state index is 11.5. The molecule has 4 nitrogen and oxygen atoms in total. The Morgan fingerprint density at radius 2 is 1.90 bits per heavy atom. The Balaban J connectivity index is 1.88. The Morgan fingerprint density at radius 1 is 1.35 bits per heavy atom. The summed E-state index contributed by atoms with van der Waals surface area (Å²) in [5, 5.41) is 2.76. The van der Waals surface area contributed by atoms with Gasteiger partial charge in [-0.3, -0.25) is 0 Å². The zero-order chi connectivity index (χ0) is 15.0. The molecular weight excluding hydrogens is 299 g/mol. The molecule has 1 saturated carbocycles. The van der Waals surface area contributed by atoms with Crippen LogP contribution in [0.25, 0.3) is 0 Å². The fourth-order valence-corrected chi connectivity index (χ4v) is 2.41. The first-order valence-corrected chi connectivity index (χ1v) is 7.08. The van der Waals surface area contributed by atoms with Gasteiger partial charge < -0.3 is 15.0 Å². The van der Waals surface area contributed by atoms with Gasteiger partial charge in [-0.15, -0.1) is 23.2 Å². The normalized spacial score (nSPS) is 23.1. The van der Waals surface area contributed by atoms with Gasteiger partial charge in [-0.2, -0.15) is 0 Å². The molecule has 0 bridgehead atoms. The monoisotopic (exact) mass is 316 g/mol. The number of benzene rings is 1. The Kier molecular flexibility index (Phi) is 4.07. The SMILES string of the molecule is CN(C)C(=O)Nc1ccc(OCC2(C)CC2(Cl)Cl)cc1. The number of nitrogens with zero attached hydrogens (tertiary/aromatic N) is 1. The molecule has 1 fully saturated rings. The summed E-state index contributed by atoms with van der Waals surface area (Å²) in [5.41, 5.74) is 0.534. The van der Waals surface area contributed by atoms with Crippen LogP contribution < -0.4 is 10.1 Å². The van der Waals surface area contributed by atoms with E-state index in [1.165, 1.54) is 4.90 Å². The molecule has 0 spiro atoms. The van der Waals surface area contributed by atoms with Crippen LogP contribution in [0.2, 0.25) is 0 Å². The average Bonchev–Trinajstić information content (AvgIpc) is 2.87. The minimum atomic E-state index is -0.674. The van der Waals surface area contributed by atoms with Gasteiger partial charge in [0.15, 0.2) is 0 Å². The lowest BCUT2D eigenvalue weighted by Gasteiger charge is -2.15. The number of ether oxygens (including phenoxy) is 1. The number of carbonyl (C=O) groups is 1. The van der Waals surface area contributed by atoms with Crippen molar-refractivity contribution in [2.24, 2.45) is 5.41 Å². The van der Waals surface area contributed by atoms with Gasteiger partial charge in [0.2, 0.25) is 0 Å². The fourth-order valence-electron chi connectivity index (χ4n) is 1.71. The van der Waals surface area contributed by atoms with E-state index in [1.807, 2.05) is 6.92 Å². The second-order valence-electron chi connectivity index (χ2n) is 5.58. The van der Waals surface area contributed by atoms with Crippen molar-refractivity contribution in [3.63, 3.8) is 0 Å². The van der Waals surface area contributed by atoms with Crippen molar-refractivity contribution < 1.29 is 9.53 Å². The average molecular weight is 317 g/mol. The molecule has 1 aromatic rings. The maximum absolute atomic E-state index is 11.5. The van der Waals surface area contributed by atoms with Crippen LogP contribution >= 0.6 is 23.2 Å². The van der Waals surface area contributed by atoms with Crippen LogP contribution in [-0.4, -0.2) is 36.0 Å². The predicted molar refractivity (Wildman–Crippen MR) is 81.8 cm³/mol. The number of alkyl halides is 2. The van der Waals surface area contributed by atoms with Crippen LogP contribution in [0.15, 0.2) is 24.3 Å². The summed E-state index contributed by atoms with van der Waals surface area (Å²) < 4.78 is 5.01. The summed E-state index contributed by atoms with van der Waals surface area (Å²) in [6.45, 7) is 2.47. The van der Waals surface area contributed by atoms with Gasteiger partial charge >= 0.3 is 6.03 Å². The molecule has 6 heteroatoms. The van der Waals surface area contributed by atoms with Crippen molar-refractivity contribution in [3.8, 4) is 5.75 Å². The van der Waals surface area contributed by atoms with Gasteiger partial charge in [0.05, 0.1) is 6.61 Å². The Morgan fingerprint density at radius 3 is 2.35 bits per heavy atom. The topological polar surface area (TPSA) is 41.6 Å². The van der Waals surface area contributed by atoms with Crippen LogP contribution in [0.3, 0.4) is 0 Å². The zero-order valence-corrected chi connectivity index (χ0v) is 13.3. The van der Waals surface area contributed by atoms with E-state index in [9.17, 15) is 4.79 Å². The van der Waals surface area contributed by atoms with Crippen LogP contribution in [-0.2, 0) is 0 Å². The lowest BCUT2D eigenvalue weighted by Crippen LogP contribution is -2.27. The number of carbonyl (C=O) groups excluding carboxylic acids is 1. The molecule has 20 heavy (non-hydrogen) atoms. The van der Waals surface area contributed by atoms with E-state index in [2.05, 4.69) is 5.32 Å². The zero-order valence-electron chi connectivity index (χ0n) is 11.7. The van der Waals surface area contributed by atoms with Gasteiger partial charge in [-0.05, 0) is 30.7 Å². The number of urea groups is 1. The molecule has 0 saturated heterocycles. The van der Waals surface area contributed by atoms with E-state index in [0.29, 0.717) is 6.61 Å². The van der Waals surface area contributed by atoms with Crippen molar-refractivity contribution in [1.29, 1.82) is 0 Å². The van der Waals surface area contributed by atoms with Crippen LogP contribution in [0.5, 0.6) is 5.75 Å². The summed E-state index contributed by atoms with van der Waals surface area (Å²) in [7, 11) is 3.38. The molecule has 110 valence electrons. The summed E-state index contributed by atoms with van der Waals surface area (Å²) in [6.07, 6.45) is 0.736. The van der Waals surface area contributed by atoms with Gasteiger partial charge in [-0.1, -0.05) is 6.92 Å². The highest BCUT2D eigenvalue weighted by Gasteiger charge is 2.63. The lowest BCUT2D eigenvalue weighted by atomic mass is 10.2. The molecule has 1 aliphatic carbocycles. The van der Waals surface area contributed by atoms with Crippen molar-refractivity contribution in [2.45, 2.75) is 17.7 Å². The number of nitrogens with one attached hydrogen (secondary N) is 1. The first-order chi connectivity index (χ1) is 9.23. The fraction of sp³-hybridized carbons (Fsp3) is 0.500. The van der Waals surface area contributed by atoms with Crippen LogP contribution in [0, 0.1) is 5.41 Å². The molecule has 1 unspecified atom stereocenters. The van der Waals surface area contributed by atoms with Crippen LogP contribution in [0.1, 0.15) is 13.3 Å². The summed E-state index contributed by atoms with van der Waals surface area (Å²) in [5.74, 6) is 0.727. The van der Waals surface area contributed by atoms with E-state index in [4.69, 9.17) is 27.9 Å². The van der Waals surface area contributed by atoms with E-state index >= 15 is 0 Å². The number of amides is 2. The van der Waals surface area contributed by atoms with E-state index in [1.54, 1.807) is 38.4 Å². The van der Waals surface area contributed by atoms with E-state index in [-0.39, 0.29) is 11.4 Å². The second kappa shape index (κ2) is 5.34. The molecule has 0 aromatic heterocycles. The minimum Gasteiger partial charge on any atom is -0.493 e. The lowest BCUT2D eigenvalue weighted by molar-refractivity contribution is 0.230. The molecular formula is C14H18Cl2N2O2. The van der Waals surface area contributed by atoms with Crippen molar-refractivity contribution in [1.82, 2.24) is 4.90 Å². The molecule has 1 atom stereocenters. The highest BCUT2D eigenvalue weighted by atomic mass is 35.5. The second-order valence-corrected chi connectivity index (χ2v) is 7.06. The van der Waals surface area contributed by atoms with Crippen LogP contribution in [0.4, 0.5) is 10.5 Å². The summed E-state index contributed by atoms with van der Waals surface area (Å²) in [6, 6.07) is 7.03. The number of hydrogen-bond acceptors (Lipinski definition) is 2. The first-order valence-electron chi connectivity index (χ1n) is 6.32. The van der Waals surface area contributed by atoms with E-state index in [0.717, 1.165) is 17.9 Å². The van der Waals surface area contributed by atoms with Gasteiger partial charge in [0, 0.05) is 25.2 Å². The smallest absolute Gasteiger partial charge is 0.321 e. The van der Waals surface area contributed by atoms with Gasteiger partial charge in [-0.25, -0.2) is 4.79 Å². The molecule has 1 aliphatic rings. The minimum absolute atomic E-state index is 0.168. The molecule has 1 aromatic carbocycles. The highest BCUT2D eigenvalue weighted by Crippen LogP contribution is 2.63. The van der Waals surface area contributed by atoms with Crippen molar-refractivity contribution in [3.05, 3.63) is 24.3 Å². The summed E-state index contributed by atoms with van der Waals surface area (Å²) in [4.78, 5) is 13.0. The van der Waals surface area contributed by atoms with Crippen molar-refractivity contribution >= 4 is 34.9 Å². The molecule has 0 radical (unpaired) electrons. The van der Waals surface area contributed by atoms with Gasteiger partial charge in [0.1, 0.15) is 10.1 Å². The number of rotatable bonds is 4. The third-order valence-electron chi connectivity index (χ3n) is 3.44. The largest absolute Gasteiger partial charge is 0.493 e. The molecule has 2 rings (SSSR count). The highest BCUT2D eigenvalue weighted by molar-refractivity contribution is 6.51. The van der Waals surface area contributed by atoms with E-state index < -0.39 is 4.33 Å².